The van der Waals surface area contributed by atoms with E-state index in [1.54, 1.807) is 12.3 Å². The zero-order valence-corrected chi connectivity index (χ0v) is 15.3. The topological polar surface area (TPSA) is 34.6 Å². The number of hydrogen-bond donors (Lipinski definition) is 0. The molecule has 0 aliphatic carbocycles. The number of benzene rings is 2. The van der Waals surface area contributed by atoms with Gasteiger partial charge in [0.15, 0.2) is 0 Å². The summed E-state index contributed by atoms with van der Waals surface area (Å²) < 4.78 is 47.6. The molecular formula is C22H17F3N2O2. The fraction of sp³-hybridized carbons (Fsp3) is 0.227. The second kappa shape index (κ2) is 6.40. The molecule has 0 amide bonds. The van der Waals surface area contributed by atoms with E-state index in [-0.39, 0.29) is 5.75 Å². The average molecular weight is 398 g/mol. The van der Waals surface area contributed by atoms with Gasteiger partial charge in [0, 0.05) is 30.1 Å². The summed E-state index contributed by atoms with van der Waals surface area (Å²) in [5.74, 6) is 0.158. The Kier molecular flexibility index (Phi) is 3.94. The van der Waals surface area contributed by atoms with E-state index in [1.807, 2.05) is 30.3 Å². The largest absolute Gasteiger partial charge is 0.573 e. The van der Waals surface area contributed by atoms with E-state index in [2.05, 4.69) is 26.8 Å². The van der Waals surface area contributed by atoms with Crippen molar-refractivity contribution >= 4 is 5.69 Å². The maximum absolute atomic E-state index is 12.6. The number of nitrogens with zero attached hydrogens (tertiary/aromatic N) is 2. The van der Waals surface area contributed by atoms with Gasteiger partial charge in [0.05, 0.1) is 17.7 Å². The third kappa shape index (κ3) is 3.06. The minimum Gasteiger partial charge on any atom is -0.492 e. The predicted molar refractivity (Wildman–Crippen MR) is 101 cm³/mol. The van der Waals surface area contributed by atoms with Crippen LogP contribution in [-0.4, -0.2) is 24.5 Å². The lowest BCUT2D eigenvalue weighted by Crippen LogP contribution is -2.36. The van der Waals surface area contributed by atoms with Gasteiger partial charge in [0.2, 0.25) is 0 Å². The predicted octanol–water partition coefficient (Wildman–Crippen LogP) is 4.68. The molecule has 1 aromatic heterocycles. The fourth-order valence-corrected chi connectivity index (χ4v) is 4.33. The molecule has 0 bridgehead atoms. The molecule has 2 aromatic carbocycles. The van der Waals surface area contributed by atoms with Gasteiger partial charge in [-0.05, 0) is 29.8 Å². The highest BCUT2D eigenvalue weighted by Crippen LogP contribution is 2.52. The Morgan fingerprint density at radius 3 is 2.66 bits per heavy atom. The summed E-state index contributed by atoms with van der Waals surface area (Å²) in [5.41, 5.74) is 3.59. The maximum Gasteiger partial charge on any atom is 0.573 e. The number of ether oxygens (including phenoxy) is 2. The van der Waals surface area contributed by atoms with Gasteiger partial charge in [-0.1, -0.05) is 30.3 Å². The number of fused-ring (bicyclic) bond motifs is 4. The zero-order chi connectivity index (χ0) is 20.1. The van der Waals surface area contributed by atoms with E-state index in [9.17, 15) is 13.2 Å². The molecule has 0 fully saturated rings. The standard InChI is InChI=1S/C22H17F3N2O2/c23-22(24,25)29-16-8-9-18-20(11-16)28-14-21(18)13-27(12-15-5-3-4-10-26-15)19-7-2-1-6-17(19)21/h1-11H,12-14H2. The van der Waals surface area contributed by atoms with Crippen molar-refractivity contribution in [3.8, 4) is 11.5 Å². The SMILES string of the molecule is FC(F)(F)Oc1ccc2c(c1)OCC21CN(Cc2ccccn2)c2ccccc21. The monoisotopic (exact) mass is 398 g/mol. The molecule has 2 aliphatic rings. The van der Waals surface area contributed by atoms with Crippen LogP contribution in [0.3, 0.4) is 0 Å². The first kappa shape index (κ1) is 17.8. The quantitative estimate of drug-likeness (QED) is 0.642. The van der Waals surface area contributed by atoms with E-state index in [0.717, 1.165) is 22.5 Å². The van der Waals surface area contributed by atoms with Gasteiger partial charge >= 0.3 is 6.36 Å². The van der Waals surface area contributed by atoms with Crippen LogP contribution in [0, 0.1) is 0 Å². The normalized spacial score (nSPS) is 19.8. The number of hydrogen-bond acceptors (Lipinski definition) is 4. The molecule has 29 heavy (non-hydrogen) atoms. The van der Waals surface area contributed by atoms with Crippen molar-refractivity contribution < 1.29 is 22.6 Å². The summed E-state index contributed by atoms with van der Waals surface area (Å²) >= 11 is 0. The Labute approximate surface area is 165 Å². The van der Waals surface area contributed by atoms with Crippen LogP contribution in [0.4, 0.5) is 18.9 Å². The summed E-state index contributed by atoms with van der Waals surface area (Å²) in [6.07, 6.45) is -2.97. The molecule has 3 heterocycles. The number of anilines is 1. The Bertz CT molecular complexity index is 1060. The van der Waals surface area contributed by atoms with Gasteiger partial charge in [-0.25, -0.2) is 0 Å². The number of pyridine rings is 1. The first-order valence-electron chi connectivity index (χ1n) is 9.22. The van der Waals surface area contributed by atoms with Crippen LogP contribution in [-0.2, 0) is 12.0 Å². The first-order chi connectivity index (χ1) is 13.9. The second-order valence-electron chi connectivity index (χ2n) is 7.27. The number of para-hydroxylation sites is 1. The van der Waals surface area contributed by atoms with Gasteiger partial charge in [0.25, 0.3) is 0 Å². The Hall–Kier alpha value is -3.22. The summed E-state index contributed by atoms with van der Waals surface area (Å²) in [5, 5.41) is 0. The Morgan fingerprint density at radius 2 is 1.86 bits per heavy atom. The minimum absolute atomic E-state index is 0.273. The second-order valence-corrected chi connectivity index (χ2v) is 7.27. The van der Waals surface area contributed by atoms with Crippen molar-refractivity contribution in [2.75, 3.05) is 18.1 Å². The molecule has 4 nitrogen and oxygen atoms in total. The van der Waals surface area contributed by atoms with Gasteiger partial charge in [-0.3, -0.25) is 4.98 Å². The van der Waals surface area contributed by atoms with Crippen LogP contribution < -0.4 is 14.4 Å². The first-order valence-corrected chi connectivity index (χ1v) is 9.22. The van der Waals surface area contributed by atoms with Crippen LogP contribution in [0.15, 0.2) is 66.9 Å². The van der Waals surface area contributed by atoms with E-state index >= 15 is 0 Å². The number of halogens is 3. The summed E-state index contributed by atoms with van der Waals surface area (Å²) in [4.78, 5) is 6.67. The molecular weight excluding hydrogens is 381 g/mol. The number of aromatic nitrogens is 1. The van der Waals surface area contributed by atoms with Crippen molar-refractivity contribution in [2.24, 2.45) is 0 Å². The molecule has 7 heteroatoms. The van der Waals surface area contributed by atoms with E-state index < -0.39 is 11.8 Å². The van der Waals surface area contributed by atoms with Gasteiger partial charge in [-0.15, -0.1) is 13.2 Å². The van der Waals surface area contributed by atoms with E-state index in [0.29, 0.717) is 25.4 Å². The van der Waals surface area contributed by atoms with Crippen molar-refractivity contribution in [1.29, 1.82) is 0 Å². The van der Waals surface area contributed by atoms with Gasteiger partial charge < -0.3 is 14.4 Å². The smallest absolute Gasteiger partial charge is 0.492 e. The number of alkyl halides is 3. The van der Waals surface area contributed by atoms with Crippen molar-refractivity contribution in [1.82, 2.24) is 4.98 Å². The summed E-state index contributed by atoms with van der Waals surface area (Å²) in [6, 6.07) is 18.3. The van der Waals surface area contributed by atoms with Gasteiger partial charge in [0.1, 0.15) is 18.1 Å². The highest BCUT2D eigenvalue weighted by Gasteiger charge is 2.49. The molecule has 5 rings (SSSR count). The highest BCUT2D eigenvalue weighted by molar-refractivity contribution is 5.69. The molecule has 2 aliphatic heterocycles. The molecule has 0 saturated heterocycles. The average Bonchev–Trinajstić information content (AvgIpc) is 3.21. The maximum atomic E-state index is 12.6. The van der Waals surface area contributed by atoms with Crippen molar-refractivity contribution in [2.45, 2.75) is 18.3 Å². The van der Waals surface area contributed by atoms with E-state index in [1.165, 1.54) is 12.1 Å². The molecule has 1 unspecified atom stereocenters. The number of rotatable bonds is 3. The molecule has 148 valence electrons. The minimum atomic E-state index is -4.73. The Morgan fingerprint density at radius 1 is 1.03 bits per heavy atom. The van der Waals surface area contributed by atoms with Crippen LogP contribution >= 0.6 is 0 Å². The van der Waals surface area contributed by atoms with Crippen LogP contribution in [0.1, 0.15) is 16.8 Å². The molecule has 3 aromatic rings. The van der Waals surface area contributed by atoms with Crippen molar-refractivity contribution in [3.05, 3.63) is 83.7 Å². The van der Waals surface area contributed by atoms with E-state index in [4.69, 9.17) is 4.74 Å². The zero-order valence-electron chi connectivity index (χ0n) is 15.3. The van der Waals surface area contributed by atoms with Crippen LogP contribution in [0.5, 0.6) is 11.5 Å². The van der Waals surface area contributed by atoms with Crippen LogP contribution in [0.25, 0.3) is 0 Å². The third-order valence-electron chi connectivity index (χ3n) is 5.48. The lowest BCUT2D eigenvalue weighted by atomic mass is 9.78. The van der Waals surface area contributed by atoms with Crippen LogP contribution in [0.2, 0.25) is 0 Å². The van der Waals surface area contributed by atoms with Gasteiger partial charge in [-0.2, -0.15) is 0 Å². The molecule has 1 atom stereocenters. The summed E-state index contributed by atoms with van der Waals surface area (Å²) in [6.45, 7) is 1.67. The third-order valence-corrected chi connectivity index (χ3v) is 5.48. The molecule has 1 spiro atoms. The molecule has 0 N–H and O–H groups in total. The molecule has 0 radical (unpaired) electrons. The van der Waals surface area contributed by atoms with Crippen molar-refractivity contribution in [3.63, 3.8) is 0 Å². The Balaban J connectivity index is 1.52. The fourth-order valence-electron chi connectivity index (χ4n) is 4.33. The summed E-state index contributed by atoms with van der Waals surface area (Å²) in [7, 11) is 0. The lowest BCUT2D eigenvalue weighted by Gasteiger charge is -2.25. The molecule has 0 saturated carbocycles. The highest BCUT2D eigenvalue weighted by atomic mass is 19.4. The lowest BCUT2D eigenvalue weighted by molar-refractivity contribution is -0.274.